The van der Waals surface area contributed by atoms with Gasteiger partial charge in [0.05, 0.1) is 22.6 Å². The van der Waals surface area contributed by atoms with Crippen molar-refractivity contribution < 1.29 is 19.2 Å². The molecular weight excluding hydrogens is 478 g/mol. The van der Waals surface area contributed by atoms with Gasteiger partial charge in [0.1, 0.15) is 17.3 Å². The monoisotopic (exact) mass is 493 g/mol. The molecule has 10 heteroatoms. The number of benzene rings is 2. The zero-order valence-corrected chi connectivity index (χ0v) is 18.4. The number of carbonyl (C=O) groups excluding carboxylic acids is 1. The normalized spacial score (nSPS) is 10.8. The van der Waals surface area contributed by atoms with Crippen LogP contribution in [0, 0.1) is 21.4 Å². The molecule has 8 nitrogen and oxygen atoms in total. The smallest absolute Gasteiger partial charge is 0.294 e. The summed E-state index contributed by atoms with van der Waals surface area (Å²) in [7, 11) is 0. The van der Waals surface area contributed by atoms with Crippen molar-refractivity contribution in [3.8, 4) is 17.6 Å². The van der Waals surface area contributed by atoms with Gasteiger partial charge < -0.3 is 14.8 Å². The van der Waals surface area contributed by atoms with Gasteiger partial charge in [0, 0.05) is 11.1 Å². The molecule has 0 aromatic heterocycles. The van der Waals surface area contributed by atoms with E-state index in [1.807, 2.05) is 19.9 Å². The molecule has 0 aliphatic rings. The number of nitriles is 1. The molecule has 0 aliphatic heterocycles. The summed E-state index contributed by atoms with van der Waals surface area (Å²) in [6, 6.07) is 8.93. The lowest BCUT2D eigenvalue weighted by Crippen LogP contribution is -2.14. The molecule has 0 heterocycles. The number of carbonyl (C=O) groups is 1. The minimum absolute atomic E-state index is 0.0709. The Balaban J connectivity index is 2.39. The Labute approximate surface area is 186 Å². The topological polar surface area (TPSA) is 114 Å². The van der Waals surface area contributed by atoms with Gasteiger partial charge in [-0.15, -0.1) is 0 Å². The molecule has 0 atom stereocenters. The van der Waals surface area contributed by atoms with E-state index in [1.54, 1.807) is 12.1 Å². The number of rotatable bonds is 8. The highest BCUT2D eigenvalue weighted by molar-refractivity contribution is 9.10. The average Bonchev–Trinajstić information content (AvgIpc) is 2.70. The number of hydrogen-bond donors (Lipinski definition) is 1. The maximum atomic E-state index is 12.5. The van der Waals surface area contributed by atoms with Crippen LogP contribution in [0.2, 0.25) is 5.02 Å². The second-order valence-corrected chi connectivity index (χ2v) is 7.03. The highest BCUT2D eigenvalue weighted by atomic mass is 79.9. The lowest BCUT2D eigenvalue weighted by atomic mass is 10.1. The molecule has 0 spiro atoms. The van der Waals surface area contributed by atoms with Crippen molar-refractivity contribution in [1.82, 2.24) is 0 Å². The fourth-order valence-corrected chi connectivity index (χ4v) is 3.23. The molecule has 2 rings (SSSR count). The van der Waals surface area contributed by atoms with Gasteiger partial charge in [-0.2, -0.15) is 5.26 Å². The number of nitro benzene ring substituents is 1. The number of anilines is 1. The summed E-state index contributed by atoms with van der Waals surface area (Å²) in [6.45, 7) is 4.48. The Morgan fingerprint density at radius 2 is 2.00 bits per heavy atom. The van der Waals surface area contributed by atoms with Crippen molar-refractivity contribution >= 4 is 50.9 Å². The average molecular weight is 495 g/mol. The third kappa shape index (κ3) is 5.72. The Morgan fingerprint density at radius 1 is 1.30 bits per heavy atom. The van der Waals surface area contributed by atoms with Crippen LogP contribution in [0.4, 0.5) is 11.4 Å². The summed E-state index contributed by atoms with van der Waals surface area (Å²) in [5, 5.41) is 23.2. The third-order valence-electron chi connectivity index (χ3n) is 3.70. The quantitative estimate of drug-likeness (QED) is 0.229. The first-order chi connectivity index (χ1) is 14.3. The van der Waals surface area contributed by atoms with Crippen LogP contribution in [-0.4, -0.2) is 24.0 Å². The molecule has 0 aliphatic carbocycles. The molecule has 0 unspecified atom stereocenters. The van der Waals surface area contributed by atoms with Crippen LogP contribution in [0.3, 0.4) is 0 Å². The van der Waals surface area contributed by atoms with Gasteiger partial charge >= 0.3 is 0 Å². The van der Waals surface area contributed by atoms with Crippen LogP contribution in [0.15, 0.2) is 40.4 Å². The molecule has 1 N–H and O–H groups in total. The predicted molar refractivity (Wildman–Crippen MR) is 117 cm³/mol. The number of hydrogen-bond acceptors (Lipinski definition) is 6. The summed E-state index contributed by atoms with van der Waals surface area (Å²) >= 11 is 9.18. The predicted octanol–water partition coefficient (Wildman–Crippen LogP) is 5.35. The maximum absolute atomic E-state index is 12.5. The van der Waals surface area contributed by atoms with Crippen molar-refractivity contribution in [2.45, 2.75) is 13.8 Å². The lowest BCUT2D eigenvalue weighted by molar-refractivity contribution is -0.383. The van der Waals surface area contributed by atoms with E-state index in [9.17, 15) is 20.2 Å². The molecular formula is C20H17BrClN3O5. The molecule has 0 saturated heterocycles. The zero-order valence-electron chi connectivity index (χ0n) is 16.1. The molecule has 0 radical (unpaired) electrons. The minimum Gasteiger partial charge on any atom is -0.490 e. The van der Waals surface area contributed by atoms with Gasteiger partial charge in [-0.3, -0.25) is 14.9 Å². The number of nitro groups is 1. The number of nitrogens with zero attached hydrogens (tertiary/aromatic N) is 2. The van der Waals surface area contributed by atoms with Crippen LogP contribution >= 0.6 is 27.5 Å². The number of halogens is 2. The highest BCUT2D eigenvalue weighted by Crippen LogP contribution is 2.37. The molecule has 156 valence electrons. The van der Waals surface area contributed by atoms with E-state index >= 15 is 0 Å². The standard InChI is InChI=1S/C20H17BrClN3O5/c1-3-29-18-9-12(8-15(21)19(18)30-4-2)7-13(11-23)20(26)24-16-6-5-14(22)10-17(16)25(27)28/h5-10H,3-4H2,1-2H3,(H,24,26). The summed E-state index contributed by atoms with van der Waals surface area (Å²) < 4.78 is 11.7. The van der Waals surface area contributed by atoms with Crippen LogP contribution in [0.1, 0.15) is 19.4 Å². The molecule has 30 heavy (non-hydrogen) atoms. The van der Waals surface area contributed by atoms with Crippen molar-refractivity contribution in [3.05, 3.63) is 61.1 Å². The Morgan fingerprint density at radius 3 is 2.60 bits per heavy atom. The molecule has 2 aromatic rings. The van der Waals surface area contributed by atoms with E-state index in [0.29, 0.717) is 34.7 Å². The number of nitrogens with one attached hydrogen (secondary N) is 1. The van der Waals surface area contributed by atoms with E-state index in [0.717, 1.165) is 6.07 Å². The van der Waals surface area contributed by atoms with Gasteiger partial charge in [0.2, 0.25) is 0 Å². The largest absolute Gasteiger partial charge is 0.490 e. The van der Waals surface area contributed by atoms with Gasteiger partial charge in [-0.25, -0.2) is 0 Å². The van der Waals surface area contributed by atoms with Crippen LogP contribution in [0.5, 0.6) is 11.5 Å². The van der Waals surface area contributed by atoms with E-state index in [2.05, 4.69) is 21.2 Å². The van der Waals surface area contributed by atoms with Crippen molar-refractivity contribution in [2.75, 3.05) is 18.5 Å². The van der Waals surface area contributed by atoms with Gasteiger partial charge in [-0.1, -0.05) is 11.6 Å². The first kappa shape index (κ1) is 23.2. The van der Waals surface area contributed by atoms with Crippen molar-refractivity contribution in [1.29, 1.82) is 5.26 Å². The fraction of sp³-hybridized carbons (Fsp3) is 0.200. The minimum atomic E-state index is -0.800. The van der Waals surface area contributed by atoms with Gasteiger partial charge in [0.25, 0.3) is 11.6 Å². The Kier molecular flexibility index (Phi) is 8.21. The van der Waals surface area contributed by atoms with Crippen LogP contribution in [0.25, 0.3) is 6.08 Å². The summed E-state index contributed by atoms with van der Waals surface area (Å²) in [4.78, 5) is 23.1. The van der Waals surface area contributed by atoms with E-state index in [4.69, 9.17) is 21.1 Å². The van der Waals surface area contributed by atoms with Crippen molar-refractivity contribution in [2.24, 2.45) is 0 Å². The van der Waals surface area contributed by atoms with E-state index in [1.165, 1.54) is 18.2 Å². The van der Waals surface area contributed by atoms with Crippen molar-refractivity contribution in [3.63, 3.8) is 0 Å². The number of ether oxygens (including phenoxy) is 2. The summed E-state index contributed by atoms with van der Waals surface area (Å²) in [5.74, 6) is 0.160. The molecule has 1 amide bonds. The first-order valence-corrected chi connectivity index (χ1v) is 9.94. The maximum Gasteiger partial charge on any atom is 0.294 e. The SMILES string of the molecule is CCOc1cc(C=C(C#N)C(=O)Nc2ccc(Cl)cc2[N+](=O)[O-])cc(Br)c1OCC. The molecule has 0 bridgehead atoms. The van der Waals surface area contributed by atoms with Gasteiger partial charge in [-0.05, 0) is 65.7 Å². The second kappa shape index (κ2) is 10.6. The summed E-state index contributed by atoms with van der Waals surface area (Å²) in [5.41, 5.74) is -0.196. The van der Waals surface area contributed by atoms with E-state index < -0.39 is 10.8 Å². The Hall–Kier alpha value is -3.09. The Bertz CT molecular complexity index is 1050. The fourth-order valence-electron chi connectivity index (χ4n) is 2.49. The second-order valence-electron chi connectivity index (χ2n) is 5.74. The molecule has 0 fully saturated rings. The first-order valence-electron chi connectivity index (χ1n) is 8.76. The van der Waals surface area contributed by atoms with Gasteiger partial charge in [0.15, 0.2) is 11.5 Å². The highest BCUT2D eigenvalue weighted by Gasteiger charge is 2.19. The van der Waals surface area contributed by atoms with E-state index in [-0.39, 0.29) is 22.0 Å². The van der Waals surface area contributed by atoms with Crippen LogP contribution < -0.4 is 14.8 Å². The third-order valence-corrected chi connectivity index (χ3v) is 4.53. The summed E-state index contributed by atoms with van der Waals surface area (Å²) in [6.07, 6.45) is 1.35. The number of amides is 1. The lowest BCUT2D eigenvalue weighted by Gasteiger charge is -2.13. The molecule has 0 saturated carbocycles. The van der Waals surface area contributed by atoms with Crippen LogP contribution in [-0.2, 0) is 4.79 Å². The molecule has 2 aromatic carbocycles. The zero-order chi connectivity index (χ0) is 22.3.